The summed E-state index contributed by atoms with van der Waals surface area (Å²) in [5.41, 5.74) is -0.595. The summed E-state index contributed by atoms with van der Waals surface area (Å²) in [4.78, 5) is 21.6. The number of ether oxygens (including phenoxy) is 1. The van der Waals surface area contributed by atoms with E-state index in [9.17, 15) is 9.59 Å². The Morgan fingerprint density at radius 1 is 1.50 bits per heavy atom. The topological polar surface area (TPSA) is 43.4 Å². The Balaban J connectivity index is 2.74. The Hall–Kier alpha value is -0.570. The number of carbonyl (C=O) groups is 2. The van der Waals surface area contributed by atoms with Crippen LogP contribution < -0.4 is 0 Å². The summed E-state index contributed by atoms with van der Waals surface area (Å²) in [6.07, 6.45) is 1.44. The first-order valence-electron chi connectivity index (χ1n) is 4.71. The molecule has 0 aromatic rings. The zero-order valence-electron chi connectivity index (χ0n) is 8.72. The average molecular weight is 219 g/mol. The number of rotatable bonds is 1. The van der Waals surface area contributed by atoms with Gasteiger partial charge in [0.1, 0.15) is 5.60 Å². The number of ketones is 1. The van der Waals surface area contributed by atoms with Crippen LogP contribution in [0, 0.1) is 0 Å². The Kier molecular flexibility index (Phi) is 2.91. The quantitative estimate of drug-likeness (QED) is 0.384. The third-order valence-electron chi connectivity index (χ3n) is 2.09. The predicted octanol–water partition coefficient (Wildman–Crippen LogP) is 2.06. The maximum Gasteiger partial charge on any atom is 0.335 e. The molecule has 1 atom stereocenters. The molecule has 14 heavy (non-hydrogen) atoms. The number of halogens is 1. The van der Waals surface area contributed by atoms with Crippen molar-refractivity contribution in [1.29, 1.82) is 0 Å². The van der Waals surface area contributed by atoms with Crippen LogP contribution in [0.3, 0.4) is 0 Å². The SMILES string of the molecule is CC(C)(C)OC(=O)[C@]1(Cl)CCCC1=O. The second-order valence-electron chi connectivity index (χ2n) is 4.58. The van der Waals surface area contributed by atoms with Gasteiger partial charge in [-0.05, 0) is 33.6 Å². The maximum absolute atomic E-state index is 11.6. The van der Waals surface area contributed by atoms with E-state index in [2.05, 4.69) is 0 Å². The van der Waals surface area contributed by atoms with E-state index >= 15 is 0 Å². The summed E-state index contributed by atoms with van der Waals surface area (Å²) in [5.74, 6) is -0.817. The highest BCUT2D eigenvalue weighted by Crippen LogP contribution is 2.34. The molecule has 0 spiro atoms. The molecule has 0 unspecified atom stereocenters. The first kappa shape index (κ1) is 11.5. The van der Waals surface area contributed by atoms with Crippen LogP contribution in [0.2, 0.25) is 0 Å². The van der Waals surface area contributed by atoms with Crippen LogP contribution in [-0.4, -0.2) is 22.2 Å². The van der Waals surface area contributed by atoms with Crippen molar-refractivity contribution in [2.45, 2.75) is 50.5 Å². The second-order valence-corrected chi connectivity index (χ2v) is 5.23. The van der Waals surface area contributed by atoms with E-state index in [1.54, 1.807) is 20.8 Å². The van der Waals surface area contributed by atoms with Crippen LogP contribution in [-0.2, 0) is 14.3 Å². The molecule has 0 aliphatic heterocycles. The van der Waals surface area contributed by atoms with E-state index < -0.39 is 16.4 Å². The number of esters is 1. The minimum atomic E-state index is -1.41. The summed E-state index contributed by atoms with van der Waals surface area (Å²) in [6.45, 7) is 5.26. The van der Waals surface area contributed by atoms with Gasteiger partial charge in [-0.3, -0.25) is 4.79 Å². The molecular weight excluding hydrogens is 204 g/mol. The Labute approximate surface area is 88.8 Å². The van der Waals surface area contributed by atoms with Gasteiger partial charge in [0.15, 0.2) is 10.7 Å². The van der Waals surface area contributed by atoms with Gasteiger partial charge in [0.2, 0.25) is 0 Å². The lowest BCUT2D eigenvalue weighted by Gasteiger charge is -2.25. The molecule has 0 amide bonds. The summed E-state index contributed by atoms with van der Waals surface area (Å²) in [7, 11) is 0. The van der Waals surface area contributed by atoms with Gasteiger partial charge in [0.05, 0.1) is 0 Å². The predicted molar refractivity (Wildman–Crippen MR) is 53.3 cm³/mol. The molecule has 0 N–H and O–H groups in total. The van der Waals surface area contributed by atoms with Gasteiger partial charge in [-0.2, -0.15) is 0 Å². The van der Waals surface area contributed by atoms with Gasteiger partial charge in [-0.25, -0.2) is 4.79 Å². The van der Waals surface area contributed by atoms with Crippen molar-refractivity contribution in [3.05, 3.63) is 0 Å². The summed E-state index contributed by atoms with van der Waals surface area (Å²) in [6, 6.07) is 0. The Morgan fingerprint density at radius 3 is 2.43 bits per heavy atom. The molecule has 0 radical (unpaired) electrons. The van der Waals surface area contributed by atoms with E-state index in [1.165, 1.54) is 0 Å². The summed E-state index contributed by atoms with van der Waals surface area (Å²) >= 11 is 5.95. The van der Waals surface area contributed by atoms with E-state index in [4.69, 9.17) is 16.3 Å². The molecule has 0 saturated heterocycles. The van der Waals surface area contributed by atoms with Crippen molar-refractivity contribution >= 4 is 23.4 Å². The minimum absolute atomic E-state index is 0.214. The van der Waals surface area contributed by atoms with E-state index in [0.717, 1.165) is 0 Å². The van der Waals surface area contributed by atoms with Gasteiger partial charge < -0.3 is 4.74 Å². The van der Waals surface area contributed by atoms with Crippen molar-refractivity contribution < 1.29 is 14.3 Å². The number of hydrogen-bond donors (Lipinski definition) is 0. The molecular formula is C10H15ClO3. The second kappa shape index (κ2) is 3.54. The summed E-state index contributed by atoms with van der Waals surface area (Å²) in [5, 5.41) is 0. The molecule has 4 heteroatoms. The Morgan fingerprint density at radius 2 is 2.07 bits per heavy atom. The molecule has 1 saturated carbocycles. The molecule has 1 aliphatic carbocycles. The van der Waals surface area contributed by atoms with Crippen molar-refractivity contribution in [3.63, 3.8) is 0 Å². The molecule has 0 aromatic carbocycles. The Bertz CT molecular complexity index is 267. The number of hydrogen-bond acceptors (Lipinski definition) is 3. The van der Waals surface area contributed by atoms with Gasteiger partial charge in [0.25, 0.3) is 0 Å². The highest BCUT2D eigenvalue weighted by atomic mass is 35.5. The highest BCUT2D eigenvalue weighted by molar-refractivity contribution is 6.46. The fraction of sp³-hybridized carbons (Fsp3) is 0.800. The van der Waals surface area contributed by atoms with E-state index in [1.807, 2.05) is 0 Å². The number of carbonyl (C=O) groups excluding carboxylic acids is 2. The van der Waals surface area contributed by atoms with Gasteiger partial charge >= 0.3 is 5.97 Å². The van der Waals surface area contributed by atoms with Crippen molar-refractivity contribution in [2.75, 3.05) is 0 Å². The molecule has 1 rings (SSSR count). The lowest BCUT2D eigenvalue weighted by atomic mass is 10.1. The van der Waals surface area contributed by atoms with Crippen LogP contribution in [0.15, 0.2) is 0 Å². The van der Waals surface area contributed by atoms with E-state index in [0.29, 0.717) is 19.3 Å². The first-order chi connectivity index (χ1) is 6.26. The van der Waals surface area contributed by atoms with Crippen molar-refractivity contribution in [3.8, 4) is 0 Å². The third kappa shape index (κ3) is 2.27. The van der Waals surface area contributed by atoms with Gasteiger partial charge in [-0.1, -0.05) is 11.6 Å². The normalized spacial score (nSPS) is 27.9. The summed E-state index contributed by atoms with van der Waals surface area (Å²) < 4.78 is 5.10. The van der Waals surface area contributed by atoms with Crippen LogP contribution in [0.4, 0.5) is 0 Å². The number of alkyl halides is 1. The van der Waals surface area contributed by atoms with E-state index in [-0.39, 0.29) is 5.78 Å². The van der Waals surface area contributed by atoms with Gasteiger partial charge in [0, 0.05) is 6.42 Å². The average Bonchev–Trinajstić information content (AvgIpc) is 2.30. The molecule has 0 bridgehead atoms. The third-order valence-corrected chi connectivity index (χ3v) is 2.64. The monoisotopic (exact) mass is 218 g/mol. The molecule has 0 heterocycles. The van der Waals surface area contributed by atoms with Gasteiger partial charge in [-0.15, -0.1) is 0 Å². The van der Waals surface area contributed by atoms with Crippen LogP contribution in [0.1, 0.15) is 40.0 Å². The lowest BCUT2D eigenvalue weighted by molar-refractivity contribution is -0.159. The minimum Gasteiger partial charge on any atom is -0.458 e. The fourth-order valence-electron chi connectivity index (χ4n) is 1.40. The molecule has 0 aromatic heterocycles. The van der Waals surface area contributed by atoms with Crippen LogP contribution >= 0.6 is 11.6 Å². The molecule has 1 aliphatic rings. The van der Waals surface area contributed by atoms with Crippen molar-refractivity contribution in [1.82, 2.24) is 0 Å². The van der Waals surface area contributed by atoms with Crippen LogP contribution in [0.25, 0.3) is 0 Å². The molecule has 1 fully saturated rings. The molecule has 80 valence electrons. The smallest absolute Gasteiger partial charge is 0.335 e. The number of Topliss-reactive ketones (excluding diaryl/α,β-unsaturated/α-hetero) is 1. The zero-order valence-corrected chi connectivity index (χ0v) is 9.48. The molecule has 3 nitrogen and oxygen atoms in total. The van der Waals surface area contributed by atoms with Crippen LogP contribution in [0.5, 0.6) is 0 Å². The lowest BCUT2D eigenvalue weighted by Crippen LogP contribution is -2.42. The highest BCUT2D eigenvalue weighted by Gasteiger charge is 2.49. The maximum atomic E-state index is 11.6. The largest absolute Gasteiger partial charge is 0.458 e. The fourth-order valence-corrected chi connectivity index (χ4v) is 1.67. The zero-order chi connectivity index (χ0) is 11.0. The first-order valence-corrected chi connectivity index (χ1v) is 5.09. The standard InChI is InChI=1S/C10H15ClO3/c1-9(2,3)14-8(13)10(11)6-4-5-7(10)12/h4-6H2,1-3H3/t10-/m0/s1. The van der Waals surface area contributed by atoms with Crippen molar-refractivity contribution in [2.24, 2.45) is 0 Å².